The van der Waals surface area contributed by atoms with Crippen LogP contribution in [0.1, 0.15) is 45.9 Å². The van der Waals surface area contributed by atoms with Gasteiger partial charge in [0.15, 0.2) is 0 Å². The summed E-state index contributed by atoms with van der Waals surface area (Å²) in [4.78, 5) is 9.00. The molecule has 2 heterocycles. The fourth-order valence-electron chi connectivity index (χ4n) is 2.33. The van der Waals surface area contributed by atoms with Crippen molar-refractivity contribution in [3.8, 4) is 0 Å². The minimum Gasteiger partial charge on any atom is -0.385 e. The number of aromatic nitrogens is 2. The van der Waals surface area contributed by atoms with Gasteiger partial charge in [-0.15, -0.1) is 0 Å². The van der Waals surface area contributed by atoms with Gasteiger partial charge in [0.05, 0.1) is 6.10 Å². The topological polar surface area (TPSA) is 79.3 Å². The van der Waals surface area contributed by atoms with E-state index >= 15 is 0 Å². The first-order chi connectivity index (χ1) is 9.94. The molecule has 0 bridgehead atoms. The molecule has 0 aliphatic carbocycles. The number of rotatable bonds is 6. The molecular weight excluding hydrogens is 268 g/mol. The zero-order valence-corrected chi connectivity index (χ0v) is 13.3. The van der Waals surface area contributed by atoms with Gasteiger partial charge in [0, 0.05) is 38.1 Å². The lowest BCUT2D eigenvalue weighted by molar-refractivity contribution is -0.0176. The first-order valence-electron chi connectivity index (χ1n) is 7.65. The summed E-state index contributed by atoms with van der Waals surface area (Å²) in [5.74, 6) is 2.58. The van der Waals surface area contributed by atoms with Crippen LogP contribution in [-0.4, -0.2) is 46.5 Å². The molecule has 1 aliphatic heterocycles. The summed E-state index contributed by atoms with van der Waals surface area (Å²) in [6.07, 6.45) is 0.480. The van der Waals surface area contributed by atoms with Crippen LogP contribution in [0.25, 0.3) is 0 Å². The number of nitrogens with one attached hydrogen (secondary N) is 2. The minimum absolute atomic E-state index is 0.162. The van der Waals surface area contributed by atoms with E-state index in [0.717, 1.165) is 24.0 Å². The van der Waals surface area contributed by atoms with E-state index in [2.05, 4.69) is 34.4 Å². The standard InChI is InChI=1S/C15H26N4O2/c1-5-16-12-8-13(19-14(18-12)10(2)3)17-9-15(20)6-7-21-11(15)4/h8,10-11,20H,5-7,9H2,1-4H3,(H2,16,17,18,19). The summed E-state index contributed by atoms with van der Waals surface area (Å²) in [5, 5.41) is 17.0. The second kappa shape index (κ2) is 6.58. The highest BCUT2D eigenvalue weighted by atomic mass is 16.5. The van der Waals surface area contributed by atoms with Crippen LogP contribution < -0.4 is 10.6 Å². The van der Waals surface area contributed by atoms with Crippen molar-refractivity contribution < 1.29 is 9.84 Å². The monoisotopic (exact) mass is 294 g/mol. The molecule has 0 radical (unpaired) electrons. The van der Waals surface area contributed by atoms with Crippen molar-refractivity contribution in [2.45, 2.75) is 51.7 Å². The third kappa shape index (κ3) is 3.83. The van der Waals surface area contributed by atoms with Crippen LogP contribution >= 0.6 is 0 Å². The molecule has 1 saturated heterocycles. The number of hydrogen-bond donors (Lipinski definition) is 3. The average molecular weight is 294 g/mol. The van der Waals surface area contributed by atoms with Gasteiger partial charge < -0.3 is 20.5 Å². The van der Waals surface area contributed by atoms with Crippen LogP contribution in [0, 0.1) is 0 Å². The quantitative estimate of drug-likeness (QED) is 0.744. The predicted molar refractivity (Wildman–Crippen MR) is 83.8 cm³/mol. The molecule has 2 atom stereocenters. The van der Waals surface area contributed by atoms with Gasteiger partial charge in [-0.05, 0) is 13.8 Å². The molecule has 3 N–H and O–H groups in total. The summed E-state index contributed by atoms with van der Waals surface area (Å²) in [7, 11) is 0. The summed E-state index contributed by atoms with van der Waals surface area (Å²) >= 11 is 0. The number of ether oxygens (including phenoxy) is 1. The molecule has 2 unspecified atom stereocenters. The highest BCUT2D eigenvalue weighted by Crippen LogP contribution is 2.26. The molecule has 1 aliphatic rings. The van der Waals surface area contributed by atoms with Crippen molar-refractivity contribution in [1.29, 1.82) is 0 Å². The predicted octanol–water partition coefficient (Wildman–Crippen LogP) is 1.98. The second-order valence-electron chi connectivity index (χ2n) is 5.90. The maximum atomic E-state index is 10.5. The maximum Gasteiger partial charge on any atom is 0.135 e. The van der Waals surface area contributed by atoms with E-state index in [-0.39, 0.29) is 12.0 Å². The number of nitrogens with zero attached hydrogens (tertiary/aromatic N) is 2. The van der Waals surface area contributed by atoms with Crippen molar-refractivity contribution >= 4 is 11.6 Å². The van der Waals surface area contributed by atoms with Crippen LogP contribution in [0.15, 0.2) is 6.07 Å². The third-order valence-electron chi connectivity index (χ3n) is 3.85. The molecule has 6 nitrogen and oxygen atoms in total. The van der Waals surface area contributed by atoms with E-state index in [1.54, 1.807) is 0 Å². The highest BCUT2D eigenvalue weighted by Gasteiger charge is 2.39. The Balaban J connectivity index is 2.11. The zero-order valence-electron chi connectivity index (χ0n) is 13.3. The SMILES string of the molecule is CCNc1cc(NCC2(O)CCOC2C)nc(C(C)C)n1. The highest BCUT2D eigenvalue weighted by molar-refractivity contribution is 5.48. The van der Waals surface area contributed by atoms with Gasteiger partial charge in [-0.2, -0.15) is 0 Å². The molecule has 1 aromatic rings. The Labute approximate surface area is 126 Å². The lowest BCUT2D eigenvalue weighted by Crippen LogP contribution is -2.43. The Hall–Kier alpha value is -1.40. The van der Waals surface area contributed by atoms with Gasteiger partial charge in [0.2, 0.25) is 0 Å². The van der Waals surface area contributed by atoms with E-state index in [9.17, 15) is 5.11 Å². The van der Waals surface area contributed by atoms with E-state index in [4.69, 9.17) is 4.74 Å². The van der Waals surface area contributed by atoms with Crippen LogP contribution in [0.3, 0.4) is 0 Å². The van der Waals surface area contributed by atoms with Gasteiger partial charge in [-0.25, -0.2) is 9.97 Å². The third-order valence-corrected chi connectivity index (χ3v) is 3.85. The normalized spacial score (nSPS) is 25.3. The van der Waals surface area contributed by atoms with Gasteiger partial charge in [-0.1, -0.05) is 13.8 Å². The average Bonchev–Trinajstić information content (AvgIpc) is 2.77. The molecule has 6 heteroatoms. The van der Waals surface area contributed by atoms with Crippen LogP contribution in [0.5, 0.6) is 0 Å². The molecule has 0 saturated carbocycles. The molecule has 2 rings (SSSR count). The van der Waals surface area contributed by atoms with Gasteiger partial charge >= 0.3 is 0 Å². The largest absolute Gasteiger partial charge is 0.385 e. The van der Waals surface area contributed by atoms with Crippen molar-refractivity contribution in [2.75, 3.05) is 30.3 Å². The zero-order chi connectivity index (χ0) is 15.5. The molecule has 0 aromatic carbocycles. The Morgan fingerprint density at radius 1 is 1.38 bits per heavy atom. The van der Waals surface area contributed by atoms with Crippen LogP contribution in [-0.2, 0) is 4.74 Å². The fraction of sp³-hybridized carbons (Fsp3) is 0.733. The van der Waals surface area contributed by atoms with E-state index in [1.165, 1.54) is 0 Å². The Bertz CT molecular complexity index is 481. The number of anilines is 2. The van der Waals surface area contributed by atoms with Crippen LogP contribution in [0.2, 0.25) is 0 Å². The molecule has 1 aromatic heterocycles. The fourth-order valence-corrected chi connectivity index (χ4v) is 2.33. The summed E-state index contributed by atoms with van der Waals surface area (Å²) < 4.78 is 5.45. The summed E-state index contributed by atoms with van der Waals surface area (Å²) in [6, 6.07) is 1.87. The number of aliphatic hydroxyl groups is 1. The van der Waals surface area contributed by atoms with E-state index < -0.39 is 5.60 Å². The molecule has 0 amide bonds. The molecule has 0 spiro atoms. The molecule has 21 heavy (non-hydrogen) atoms. The smallest absolute Gasteiger partial charge is 0.135 e. The number of hydrogen-bond acceptors (Lipinski definition) is 6. The second-order valence-corrected chi connectivity index (χ2v) is 5.90. The Morgan fingerprint density at radius 3 is 2.57 bits per heavy atom. The van der Waals surface area contributed by atoms with Crippen molar-refractivity contribution in [3.63, 3.8) is 0 Å². The molecule has 118 valence electrons. The Morgan fingerprint density at radius 2 is 2.05 bits per heavy atom. The summed E-state index contributed by atoms with van der Waals surface area (Å²) in [5.41, 5.74) is -0.832. The van der Waals surface area contributed by atoms with E-state index in [0.29, 0.717) is 19.6 Å². The maximum absolute atomic E-state index is 10.5. The molecule has 1 fully saturated rings. The van der Waals surface area contributed by atoms with Crippen molar-refractivity contribution in [1.82, 2.24) is 9.97 Å². The summed E-state index contributed by atoms with van der Waals surface area (Å²) in [6.45, 7) is 9.90. The first-order valence-corrected chi connectivity index (χ1v) is 7.65. The van der Waals surface area contributed by atoms with Gasteiger partial charge in [0.1, 0.15) is 23.1 Å². The molecular formula is C15H26N4O2. The van der Waals surface area contributed by atoms with E-state index in [1.807, 2.05) is 19.9 Å². The minimum atomic E-state index is -0.832. The van der Waals surface area contributed by atoms with Gasteiger partial charge in [0.25, 0.3) is 0 Å². The first kappa shape index (κ1) is 16.0. The lowest BCUT2D eigenvalue weighted by Gasteiger charge is -2.26. The Kier molecular flexibility index (Phi) is 5.00. The van der Waals surface area contributed by atoms with Crippen molar-refractivity contribution in [2.24, 2.45) is 0 Å². The van der Waals surface area contributed by atoms with Gasteiger partial charge in [-0.3, -0.25) is 0 Å². The van der Waals surface area contributed by atoms with Crippen LogP contribution in [0.4, 0.5) is 11.6 Å². The van der Waals surface area contributed by atoms with Crippen molar-refractivity contribution in [3.05, 3.63) is 11.9 Å². The lowest BCUT2D eigenvalue weighted by atomic mass is 9.97.